The number of rotatable bonds is 4. The summed E-state index contributed by atoms with van der Waals surface area (Å²) >= 11 is 0. The van der Waals surface area contributed by atoms with E-state index in [1.807, 2.05) is 6.07 Å². The molecule has 1 heteroatoms. The number of hydrogen-bond donors (Lipinski definition) is 0. The standard InChI is InChI=1S/C32H21N.C19H20.C13H12/c1-19-12-14-23-21(16-19)18-22-17-20(13-15-24(22)23)25-7-5-11-30-31(25)28-9-4-8-27-26-6-2-3-10-29(26)33(30)32(27)28;1-3-12(2)13-9-6-10-16-14-7-4-5-8-15(14)17-11-18(17)19(13)16;1-11-7-9-13(10-8-11)12-5-3-2-4-6-12/h2-17H,18H2,1H3;4-10,12,17-18H,3,11H2,1-2H3;2-10H,1H3. The third-order valence-electron chi connectivity index (χ3n) is 14.8. The smallest absolute Gasteiger partial charge is 0.0620 e. The van der Waals surface area contributed by atoms with Gasteiger partial charge < -0.3 is 4.40 Å². The topological polar surface area (TPSA) is 4.41 Å². The van der Waals surface area contributed by atoms with Crippen molar-refractivity contribution in [3.05, 3.63) is 233 Å². The van der Waals surface area contributed by atoms with Crippen LogP contribution in [0.15, 0.2) is 194 Å². The normalized spacial score (nSPS) is 15.6. The van der Waals surface area contributed by atoms with Gasteiger partial charge in [-0.05, 0) is 135 Å². The van der Waals surface area contributed by atoms with Crippen molar-refractivity contribution in [2.75, 3.05) is 0 Å². The van der Waals surface area contributed by atoms with Gasteiger partial charge in [0.15, 0.2) is 0 Å². The minimum Gasteiger partial charge on any atom is -0.308 e. The molecule has 1 nitrogen and oxygen atoms in total. The molecule has 14 rings (SSSR count). The van der Waals surface area contributed by atoms with Crippen LogP contribution in [0, 0.1) is 13.8 Å². The van der Waals surface area contributed by atoms with Crippen molar-refractivity contribution >= 4 is 38.1 Å². The van der Waals surface area contributed by atoms with E-state index in [1.165, 1.54) is 118 Å². The summed E-state index contributed by atoms with van der Waals surface area (Å²) in [6.07, 6.45) is 3.61. The first kappa shape index (κ1) is 39.4. The molecular formula is C64H53N. The van der Waals surface area contributed by atoms with Gasteiger partial charge in [0.2, 0.25) is 0 Å². The summed E-state index contributed by atoms with van der Waals surface area (Å²) in [6, 6.07) is 71.2. The van der Waals surface area contributed by atoms with Gasteiger partial charge in [0.1, 0.15) is 0 Å². The Hall–Kier alpha value is -7.22. The largest absolute Gasteiger partial charge is 0.308 e. The van der Waals surface area contributed by atoms with E-state index in [9.17, 15) is 0 Å². The Bertz CT molecular complexity index is 3570. The van der Waals surface area contributed by atoms with Gasteiger partial charge in [-0.2, -0.15) is 0 Å². The maximum Gasteiger partial charge on any atom is 0.0620 e. The van der Waals surface area contributed by atoms with Crippen LogP contribution in [0.4, 0.5) is 0 Å². The van der Waals surface area contributed by atoms with E-state index in [2.05, 4.69) is 220 Å². The summed E-state index contributed by atoms with van der Waals surface area (Å²) in [6.45, 7) is 8.95. The van der Waals surface area contributed by atoms with Gasteiger partial charge in [0.05, 0.1) is 16.6 Å². The molecule has 1 fully saturated rings. The first-order chi connectivity index (χ1) is 31.9. The molecule has 3 aliphatic rings. The van der Waals surface area contributed by atoms with Gasteiger partial charge in [0, 0.05) is 21.5 Å². The van der Waals surface area contributed by atoms with Crippen molar-refractivity contribution in [1.29, 1.82) is 0 Å². The average Bonchev–Trinajstić information content (AvgIpc) is 3.84. The van der Waals surface area contributed by atoms with E-state index in [0.29, 0.717) is 5.92 Å². The molecule has 1 saturated carbocycles. The van der Waals surface area contributed by atoms with Crippen molar-refractivity contribution in [3.8, 4) is 44.5 Å². The fourth-order valence-electron chi connectivity index (χ4n) is 11.4. The quantitative estimate of drug-likeness (QED) is 0.166. The molecule has 11 aromatic rings. The molecule has 0 amide bonds. The molecule has 0 bridgehead atoms. The second-order valence-electron chi connectivity index (χ2n) is 18.8. The Kier molecular flexibility index (Phi) is 9.56. The molecule has 3 atom stereocenters. The molecule has 0 spiro atoms. The SMILES string of the molecule is CCC(C)c1cccc2c1C1CC1c1ccccc1-2.Cc1ccc(-c2ccccc2)cc1.Cc1ccc2c(c1)Cc1cc(-c3cccc4c3c3cccc5c6ccccc6n4c53)ccc1-2. The van der Waals surface area contributed by atoms with Crippen LogP contribution in [0.25, 0.3) is 82.6 Å². The molecule has 9 aromatic carbocycles. The van der Waals surface area contributed by atoms with Crippen LogP contribution < -0.4 is 0 Å². The Balaban J connectivity index is 0.000000117. The minimum absolute atomic E-state index is 0.682. The molecule has 65 heavy (non-hydrogen) atoms. The van der Waals surface area contributed by atoms with Crippen LogP contribution in [-0.2, 0) is 6.42 Å². The number of nitrogens with zero attached hydrogens (tertiary/aromatic N) is 1. The molecule has 2 aromatic heterocycles. The van der Waals surface area contributed by atoms with Crippen molar-refractivity contribution in [2.24, 2.45) is 0 Å². The van der Waals surface area contributed by atoms with E-state index < -0.39 is 0 Å². The van der Waals surface area contributed by atoms with Crippen LogP contribution in [-0.4, -0.2) is 4.40 Å². The number of para-hydroxylation sites is 2. The van der Waals surface area contributed by atoms with Crippen LogP contribution >= 0.6 is 0 Å². The summed E-state index contributed by atoms with van der Waals surface area (Å²) in [5.41, 5.74) is 25.3. The van der Waals surface area contributed by atoms with E-state index in [0.717, 1.165) is 18.3 Å². The zero-order valence-corrected chi connectivity index (χ0v) is 37.8. The number of hydrogen-bond acceptors (Lipinski definition) is 0. The van der Waals surface area contributed by atoms with Gasteiger partial charge in [-0.15, -0.1) is 0 Å². The summed E-state index contributed by atoms with van der Waals surface area (Å²) in [7, 11) is 0. The van der Waals surface area contributed by atoms with Crippen molar-refractivity contribution in [2.45, 2.75) is 64.7 Å². The lowest BCUT2D eigenvalue weighted by molar-refractivity contribution is 0.720. The van der Waals surface area contributed by atoms with Gasteiger partial charge >= 0.3 is 0 Å². The van der Waals surface area contributed by atoms with Crippen LogP contribution in [0.3, 0.4) is 0 Å². The fraction of sp³-hybridized carbons (Fsp3) is 0.156. The Morgan fingerprint density at radius 1 is 0.477 bits per heavy atom. The first-order valence-corrected chi connectivity index (χ1v) is 23.7. The van der Waals surface area contributed by atoms with Crippen molar-refractivity contribution in [3.63, 3.8) is 0 Å². The third-order valence-corrected chi connectivity index (χ3v) is 14.8. The predicted octanol–water partition coefficient (Wildman–Crippen LogP) is 17.5. The number of aromatic nitrogens is 1. The van der Waals surface area contributed by atoms with Crippen LogP contribution in [0.2, 0.25) is 0 Å². The molecule has 0 radical (unpaired) electrons. The lowest BCUT2D eigenvalue weighted by atomic mass is 9.80. The summed E-state index contributed by atoms with van der Waals surface area (Å²) in [4.78, 5) is 0. The van der Waals surface area contributed by atoms with Crippen LogP contribution in [0.5, 0.6) is 0 Å². The lowest BCUT2D eigenvalue weighted by Crippen LogP contribution is -2.05. The Labute approximate surface area is 383 Å². The van der Waals surface area contributed by atoms with Crippen LogP contribution in [0.1, 0.15) is 83.4 Å². The average molecular weight is 836 g/mol. The predicted molar refractivity (Wildman–Crippen MR) is 277 cm³/mol. The van der Waals surface area contributed by atoms with E-state index in [1.54, 1.807) is 16.7 Å². The lowest BCUT2D eigenvalue weighted by Gasteiger charge is -2.24. The summed E-state index contributed by atoms with van der Waals surface area (Å²) in [5.74, 6) is 2.28. The maximum atomic E-state index is 2.46. The first-order valence-electron chi connectivity index (χ1n) is 23.7. The highest BCUT2D eigenvalue weighted by atomic mass is 14.9. The second-order valence-corrected chi connectivity index (χ2v) is 18.8. The van der Waals surface area contributed by atoms with Gasteiger partial charge in [-0.1, -0.05) is 207 Å². The monoisotopic (exact) mass is 835 g/mol. The highest BCUT2D eigenvalue weighted by molar-refractivity contribution is 6.25. The number of fused-ring (bicyclic) bond motifs is 15. The maximum absolute atomic E-state index is 2.46. The highest BCUT2D eigenvalue weighted by Gasteiger charge is 2.46. The van der Waals surface area contributed by atoms with Gasteiger partial charge in [0.25, 0.3) is 0 Å². The third kappa shape index (κ3) is 6.59. The zero-order chi connectivity index (χ0) is 43.8. The summed E-state index contributed by atoms with van der Waals surface area (Å²) in [5, 5.41) is 5.37. The van der Waals surface area contributed by atoms with Gasteiger partial charge in [-0.3, -0.25) is 0 Å². The number of aryl methyl sites for hydroxylation is 2. The molecular weight excluding hydrogens is 783 g/mol. The molecule has 3 aliphatic carbocycles. The van der Waals surface area contributed by atoms with E-state index in [4.69, 9.17) is 0 Å². The summed E-state index contributed by atoms with van der Waals surface area (Å²) < 4.78 is 2.46. The molecule has 3 unspecified atom stereocenters. The van der Waals surface area contributed by atoms with E-state index >= 15 is 0 Å². The Morgan fingerprint density at radius 2 is 1.09 bits per heavy atom. The number of benzene rings is 9. The minimum atomic E-state index is 0.682. The highest BCUT2D eigenvalue weighted by Crippen LogP contribution is 2.63. The molecule has 0 N–H and O–H groups in total. The second kappa shape index (κ2) is 15.8. The Morgan fingerprint density at radius 3 is 1.94 bits per heavy atom. The van der Waals surface area contributed by atoms with Crippen molar-refractivity contribution in [1.82, 2.24) is 4.40 Å². The zero-order valence-electron chi connectivity index (χ0n) is 37.8. The molecule has 2 heterocycles. The molecule has 314 valence electrons. The molecule has 0 aliphatic heterocycles. The molecule has 0 saturated heterocycles. The van der Waals surface area contributed by atoms with Crippen molar-refractivity contribution < 1.29 is 0 Å². The van der Waals surface area contributed by atoms with Gasteiger partial charge in [-0.25, -0.2) is 0 Å². The van der Waals surface area contributed by atoms with E-state index in [-0.39, 0.29) is 0 Å². The fourth-order valence-corrected chi connectivity index (χ4v) is 11.4.